The average molecular weight is 250 g/mol. The van der Waals surface area contributed by atoms with Crippen molar-refractivity contribution in [1.82, 2.24) is 9.97 Å². The second-order valence-corrected chi connectivity index (χ2v) is 3.46. The molecular formula is C12H11FN2O3. The van der Waals surface area contributed by atoms with Gasteiger partial charge in [0.1, 0.15) is 5.69 Å². The zero-order valence-corrected chi connectivity index (χ0v) is 9.86. The summed E-state index contributed by atoms with van der Waals surface area (Å²) in [4.78, 5) is 17.9. The number of H-pyrrole nitrogens is 1. The standard InChI is InChI=1S/C12H11FN2O3/c1-17-9-4-3-7(5-8(9)13)10-11(18-2)12(16)15-6-14-10/h3-6H,1-2H3,(H,14,15,16). The van der Waals surface area contributed by atoms with Crippen LogP contribution in [0, 0.1) is 5.82 Å². The number of halogens is 1. The number of ether oxygens (including phenoxy) is 2. The Balaban J connectivity index is 2.59. The molecule has 0 aliphatic heterocycles. The topological polar surface area (TPSA) is 64.2 Å². The fourth-order valence-corrected chi connectivity index (χ4v) is 1.60. The molecule has 2 rings (SSSR count). The lowest BCUT2D eigenvalue weighted by Gasteiger charge is -2.07. The highest BCUT2D eigenvalue weighted by molar-refractivity contribution is 5.66. The molecule has 6 heteroatoms. The molecule has 5 nitrogen and oxygen atoms in total. The van der Waals surface area contributed by atoms with Crippen molar-refractivity contribution in [2.75, 3.05) is 14.2 Å². The molecule has 0 saturated carbocycles. The third-order valence-electron chi connectivity index (χ3n) is 2.44. The molecule has 0 fully saturated rings. The summed E-state index contributed by atoms with van der Waals surface area (Å²) in [5.74, 6) is -0.358. The van der Waals surface area contributed by atoms with Crippen molar-refractivity contribution in [2.24, 2.45) is 0 Å². The van der Waals surface area contributed by atoms with Crippen LogP contribution in [0.2, 0.25) is 0 Å². The quantitative estimate of drug-likeness (QED) is 0.898. The summed E-state index contributed by atoms with van der Waals surface area (Å²) < 4.78 is 23.4. The van der Waals surface area contributed by atoms with Crippen molar-refractivity contribution < 1.29 is 13.9 Å². The second kappa shape index (κ2) is 4.87. The Morgan fingerprint density at radius 1 is 1.28 bits per heavy atom. The van der Waals surface area contributed by atoms with E-state index in [1.807, 2.05) is 0 Å². The number of hydrogen-bond donors (Lipinski definition) is 1. The molecule has 0 amide bonds. The largest absolute Gasteiger partial charge is 0.494 e. The number of hydrogen-bond acceptors (Lipinski definition) is 4. The van der Waals surface area contributed by atoms with E-state index in [-0.39, 0.29) is 17.2 Å². The lowest BCUT2D eigenvalue weighted by atomic mass is 10.1. The molecule has 1 N–H and O–H groups in total. The smallest absolute Gasteiger partial charge is 0.293 e. The minimum absolute atomic E-state index is 0.0436. The van der Waals surface area contributed by atoms with Crippen LogP contribution in [0.5, 0.6) is 11.5 Å². The minimum atomic E-state index is -0.529. The van der Waals surface area contributed by atoms with E-state index in [0.29, 0.717) is 5.56 Å². The van der Waals surface area contributed by atoms with Crippen LogP contribution in [0.1, 0.15) is 0 Å². The van der Waals surface area contributed by atoms with Crippen molar-refractivity contribution in [2.45, 2.75) is 0 Å². The SMILES string of the molecule is COc1ccc(-c2nc[nH]c(=O)c2OC)cc1F. The van der Waals surface area contributed by atoms with E-state index in [4.69, 9.17) is 9.47 Å². The summed E-state index contributed by atoms with van der Waals surface area (Å²) in [6.07, 6.45) is 1.24. The molecule has 0 unspecified atom stereocenters. The van der Waals surface area contributed by atoms with Gasteiger partial charge in [0.25, 0.3) is 5.56 Å². The fraction of sp³-hybridized carbons (Fsp3) is 0.167. The van der Waals surface area contributed by atoms with Crippen molar-refractivity contribution in [3.05, 3.63) is 40.7 Å². The molecule has 0 atom stereocenters. The van der Waals surface area contributed by atoms with E-state index in [1.165, 1.54) is 32.7 Å². The summed E-state index contributed by atoms with van der Waals surface area (Å²) in [5.41, 5.74) is 0.303. The molecular weight excluding hydrogens is 239 g/mol. The molecule has 2 aromatic rings. The van der Waals surface area contributed by atoms with Crippen LogP contribution in [0.25, 0.3) is 11.3 Å². The van der Waals surface area contributed by atoms with Crippen LogP contribution in [0.4, 0.5) is 4.39 Å². The number of nitrogens with one attached hydrogen (secondary N) is 1. The first-order valence-corrected chi connectivity index (χ1v) is 5.13. The highest BCUT2D eigenvalue weighted by atomic mass is 19.1. The van der Waals surface area contributed by atoms with E-state index < -0.39 is 11.4 Å². The maximum atomic E-state index is 13.6. The Morgan fingerprint density at radius 3 is 2.67 bits per heavy atom. The Kier molecular flexibility index (Phi) is 3.27. The van der Waals surface area contributed by atoms with Crippen molar-refractivity contribution >= 4 is 0 Å². The Hall–Kier alpha value is -2.37. The Bertz CT molecular complexity index is 625. The van der Waals surface area contributed by atoms with Gasteiger partial charge < -0.3 is 14.5 Å². The van der Waals surface area contributed by atoms with Crippen LogP contribution in [0.15, 0.2) is 29.3 Å². The van der Waals surface area contributed by atoms with Gasteiger partial charge in [-0.3, -0.25) is 4.79 Å². The Labute approximate surface area is 102 Å². The summed E-state index contributed by atoms with van der Waals surface area (Å²) in [6.45, 7) is 0. The number of benzene rings is 1. The van der Waals surface area contributed by atoms with E-state index in [2.05, 4.69) is 9.97 Å². The van der Waals surface area contributed by atoms with E-state index >= 15 is 0 Å². The molecule has 0 radical (unpaired) electrons. The molecule has 1 aromatic heterocycles. The maximum absolute atomic E-state index is 13.6. The van der Waals surface area contributed by atoms with E-state index in [1.54, 1.807) is 6.07 Å². The lowest BCUT2D eigenvalue weighted by Crippen LogP contribution is -2.11. The van der Waals surface area contributed by atoms with Gasteiger partial charge in [0.05, 0.1) is 20.5 Å². The molecule has 0 aliphatic carbocycles. The van der Waals surface area contributed by atoms with Crippen LogP contribution in [-0.2, 0) is 0 Å². The summed E-state index contributed by atoms with van der Waals surface area (Å²) in [6, 6.07) is 4.31. The summed E-state index contributed by atoms with van der Waals surface area (Å²) in [7, 11) is 2.74. The third-order valence-corrected chi connectivity index (χ3v) is 2.44. The van der Waals surface area contributed by atoms with Gasteiger partial charge in [-0.05, 0) is 18.2 Å². The molecule has 0 aliphatic rings. The average Bonchev–Trinajstić information content (AvgIpc) is 2.38. The third kappa shape index (κ3) is 2.04. The van der Waals surface area contributed by atoms with Crippen LogP contribution < -0.4 is 15.0 Å². The van der Waals surface area contributed by atoms with Gasteiger partial charge in [0.15, 0.2) is 11.6 Å². The van der Waals surface area contributed by atoms with E-state index in [0.717, 1.165) is 0 Å². The first-order valence-electron chi connectivity index (χ1n) is 5.13. The number of nitrogens with zero attached hydrogens (tertiary/aromatic N) is 1. The molecule has 1 heterocycles. The van der Waals surface area contributed by atoms with E-state index in [9.17, 15) is 9.18 Å². The van der Waals surface area contributed by atoms with Gasteiger partial charge in [-0.15, -0.1) is 0 Å². The Morgan fingerprint density at radius 2 is 2.06 bits per heavy atom. The van der Waals surface area contributed by atoms with Gasteiger partial charge in [0, 0.05) is 5.56 Å². The summed E-state index contributed by atoms with van der Waals surface area (Å²) in [5, 5.41) is 0. The molecule has 1 aromatic carbocycles. The van der Waals surface area contributed by atoms with Gasteiger partial charge >= 0.3 is 0 Å². The zero-order chi connectivity index (χ0) is 13.1. The molecule has 0 saturated heterocycles. The van der Waals surface area contributed by atoms with Crippen LogP contribution >= 0.6 is 0 Å². The molecule has 0 bridgehead atoms. The summed E-state index contributed by atoms with van der Waals surface area (Å²) >= 11 is 0. The zero-order valence-electron chi connectivity index (χ0n) is 9.86. The number of methoxy groups -OCH3 is 2. The lowest BCUT2D eigenvalue weighted by molar-refractivity contribution is 0.386. The highest BCUT2D eigenvalue weighted by Crippen LogP contribution is 2.27. The molecule has 0 spiro atoms. The first-order chi connectivity index (χ1) is 8.67. The normalized spacial score (nSPS) is 10.2. The van der Waals surface area contributed by atoms with Gasteiger partial charge in [-0.25, -0.2) is 9.37 Å². The molecule has 94 valence electrons. The van der Waals surface area contributed by atoms with Crippen molar-refractivity contribution in [1.29, 1.82) is 0 Å². The second-order valence-electron chi connectivity index (χ2n) is 3.46. The van der Waals surface area contributed by atoms with Crippen molar-refractivity contribution in [3.8, 4) is 22.8 Å². The fourth-order valence-electron chi connectivity index (χ4n) is 1.60. The van der Waals surface area contributed by atoms with Gasteiger partial charge in [0.2, 0.25) is 5.75 Å². The van der Waals surface area contributed by atoms with Gasteiger partial charge in [-0.1, -0.05) is 0 Å². The number of aromatic nitrogens is 2. The van der Waals surface area contributed by atoms with Crippen LogP contribution in [0.3, 0.4) is 0 Å². The number of aromatic amines is 1. The minimum Gasteiger partial charge on any atom is -0.494 e. The maximum Gasteiger partial charge on any atom is 0.293 e. The number of rotatable bonds is 3. The predicted molar refractivity (Wildman–Crippen MR) is 63.4 cm³/mol. The highest BCUT2D eigenvalue weighted by Gasteiger charge is 2.13. The predicted octanol–water partition coefficient (Wildman–Crippen LogP) is 1.59. The van der Waals surface area contributed by atoms with Crippen LogP contribution in [-0.4, -0.2) is 24.2 Å². The first kappa shape index (κ1) is 12.1. The monoisotopic (exact) mass is 250 g/mol. The molecule has 18 heavy (non-hydrogen) atoms. The van der Waals surface area contributed by atoms with Gasteiger partial charge in [-0.2, -0.15) is 0 Å². The van der Waals surface area contributed by atoms with Crippen molar-refractivity contribution in [3.63, 3.8) is 0 Å².